The van der Waals surface area contributed by atoms with Crippen LogP contribution in [-0.4, -0.2) is 9.97 Å². The van der Waals surface area contributed by atoms with E-state index in [-0.39, 0.29) is 0 Å². The second kappa shape index (κ2) is 6.36. The highest BCUT2D eigenvalue weighted by Crippen LogP contribution is 2.39. The molecule has 0 aliphatic rings. The van der Waals surface area contributed by atoms with Gasteiger partial charge in [0, 0.05) is 43.2 Å². The largest absolute Gasteiger partial charge is 0.256 e. The molecule has 0 bridgehead atoms. The molecule has 6 aromatic rings. The van der Waals surface area contributed by atoms with Gasteiger partial charge in [-0.2, -0.15) is 0 Å². The van der Waals surface area contributed by atoms with E-state index < -0.39 is 0 Å². The zero-order valence-electron chi connectivity index (χ0n) is 15.4. The highest BCUT2D eigenvalue weighted by molar-refractivity contribution is 9.10. The van der Waals surface area contributed by atoms with Crippen LogP contribution in [0.4, 0.5) is 0 Å². The molecule has 4 aromatic carbocycles. The monoisotopic (exact) mass is 434 g/mol. The summed E-state index contributed by atoms with van der Waals surface area (Å²) in [5, 5.41) is 7.07. The summed E-state index contributed by atoms with van der Waals surface area (Å²) in [5.41, 5.74) is 4.14. The lowest BCUT2D eigenvalue weighted by Gasteiger charge is -2.14. The van der Waals surface area contributed by atoms with Gasteiger partial charge in [0.15, 0.2) is 0 Å². The van der Waals surface area contributed by atoms with Crippen LogP contribution in [0.15, 0.2) is 95.6 Å². The van der Waals surface area contributed by atoms with Crippen molar-refractivity contribution in [3.63, 3.8) is 0 Å². The van der Waals surface area contributed by atoms with Gasteiger partial charge in [0.25, 0.3) is 0 Å². The van der Waals surface area contributed by atoms with E-state index in [4.69, 9.17) is 9.97 Å². The number of halogens is 1. The maximum atomic E-state index is 5.05. The summed E-state index contributed by atoms with van der Waals surface area (Å²) in [6, 6.07) is 29.6. The van der Waals surface area contributed by atoms with Crippen molar-refractivity contribution < 1.29 is 0 Å². The lowest BCUT2D eigenvalue weighted by Crippen LogP contribution is -1.92. The zero-order valence-corrected chi connectivity index (χ0v) is 17.0. The molecule has 3 heteroatoms. The first-order valence-electron chi connectivity index (χ1n) is 9.54. The Hall–Kier alpha value is -3.30. The molecule has 0 saturated carbocycles. The number of benzene rings is 4. The van der Waals surface area contributed by atoms with Gasteiger partial charge in [0.2, 0.25) is 0 Å². The Bertz CT molecular complexity index is 1550. The first kappa shape index (κ1) is 16.6. The molecule has 0 aliphatic carbocycles. The maximum absolute atomic E-state index is 5.05. The molecule has 0 radical (unpaired) electrons. The second-order valence-corrected chi connectivity index (χ2v) is 8.13. The number of para-hydroxylation sites is 1. The molecular weight excluding hydrogens is 420 g/mol. The van der Waals surface area contributed by atoms with Crippen LogP contribution in [0, 0.1) is 0 Å². The van der Waals surface area contributed by atoms with Crippen molar-refractivity contribution in [3.8, 4) is 11.3 Å². The fourth-order valence-corrected chi connectivity index (χ4v) is 4.49. The molecule has 2 heterocycles. The van der Waals surface area contributed by atoms with Crippen molar-refractivity contribution in [1.82, 2.24) is 9.97 Å². The predicted octanol–water partition coefficient (Wildman–Crippen LogP) is 7.52. The minimum absolute atomic E-state index is 0.998. The number of hydrogen-bond donors (Lipinski definition) is 0. The lowest BCUT2D eigenvalue weighted by molar-refractivity contribution is 1.42. The molecule has 0 unspecified atom stereocenters. The number of hydrogen-bond acceptors (Lipinski definition) is 2. The van der Waals surface area contributed by atoms with Crippen LogP contribution in [0.5, 0.6) is 0 Å². The van der Waals surface area contributed by atoms with Gasteiger partial charge in [-0.25, -0.2) is 4.98 Å². The van der Waals surface area contributed by atoms with E-state index in [2.05, 4.69) is 88.7 Å². The van der Waals surface area contributed by atoms with Gasteiger partial charge in [-0.05, 0) is 29.7 Å². The molecule has 0 amide bonds. The Labute approximate surface area is 176 Å². The number of nitrogens with zero attached hydrogens (tertiary/aromatic N) is 2. The highest BCUT2D eigenvalue weighted by atomic mass is 79.9. The van der Waals surface area contributed by atoms with Gasteiger partial charge in [0.1, 0.15) is 0 Å². The molecule has 29 heavy (non-hydrogen) atoms. The third-order valence-electron chi connectivity index (χ3n) is 5.53. The summed E-state index contributed by atoms with van der Waals surface area (Å²) in [6.07, 6.45) is 1.87. The average molecular weight is 435 g/mol. The van der Waals surface area contributed by atoms with Gasteiger partial charge in [-0.1, -0.05) is 76.6 Å². The number of rotatable bonds is 1. The number of pyridine rings is 2. The molecule has 136 valence electrons. The first-order chi connectivity index (χ1) is 14.3. The third kappa shape index (κ3) is 2.55. The van der Waals surface area contributed by atoms with Crippen molar-refractivity contribution in [2.75, 3.05) is 0 Å². The van der Waals surface area contributed by atoms with Crippen LogP contribution in [0.3, 0.4) is 0 Å². The SMILES string of the molecule is Brc1ccc(-c2nc3ccccc3c3c2ccc2ccc4cccnc4c23)cc1. The summed E-state index contributed by atoms with van der Waals surface area (Å²) < 4.78 is 1.06. The van der Waals surface area contributed by atoms with Gasteiger partial charge in [-0.15, -0.1) is 0 Å². The minimum Gasteiger partial charge on any atom is -0.256 e. The van der Waals surface area contributed by atoms with E-state index >= 15 is 0 Å². The van der Waals surface area contributed by atoms with Gasteiger partial charge in [-0.3, -0.25) is 4.98 Å². The van der Waals surface area contributed by atoms with E-state index in [0.717, 1.165) is 42.9 Å². The van der Waals surface area contributed by atoms with Crippen molar-refractivity contribution in [3.05, 3.63) is 95.6 Å². The van der Waals surface area contributed by atoms with Gasteiger partial charge in [0.05, 0.1) is 16.7 Å². The van der Waals surface area contributed by atoms with Crippen LogP contribution >= 0.6 is 15.9 Å². The molecular formula is C26H15BrN2. The Morgan fingerprint density at radius 3 is 2.31 bits per heavy atom. The molecule has 2 nitrogen and oxygen atoms in total. The summed E-state index contributed by atoms with van der Waals surface area (Å²) in [6.45, 7) is 0. The van der Waals surface area contributed by atoms with Gasteiger partial charge >= 0.3 is 0 Å². The van der Waals surface area contributed by atoms with Crippen molar-refractivity contribution in [2.24, 2.45) is 0 Å². The highest BCUT2D eigenvalue weighted by Gasteiger charge is 2.15. The second-order valence-electron chi connectivity index (χ2n) is 7.21. The molecule has 0 N–H and O–H groups in total. The zero-order chi connectivity index (χ0) is 19.4. The fourth-order valence-electron chi connectivity index (χ4n) is 4.22. The smallest absolute Gasteiger partial charge is 0.0788 e. The Morgan fingerprint density at radius 1 is 0.621 bits per heavy atom. The van der Waals surface area contributed by atoms with Crippen molar-refractivity contribution in [2.45, 2.75) is 0 Å². The fraction of sp³-hybridized carbons (Fsp3) is 0. The van der Waals surface area contributed by atoms with E-state index in [9.17, 15) is 0 Å². The predicted molar refractivity (Wildman–Crippen MR) is 125 cm³/mol. The average Bonchev–Trinajstić information content (AvgIpc) is 2.78. The van der Waals surface area contributed by atoms with Crippen LogP contribution < -0.4 is 0 Å². The van der Waals surface area contributed by atoms with Crippen LogP contribution in [-0.2, 0) is 0 Å². The summed E-state index contributed by atoms with van der Waals surface area (Å²) >= 11 is 3.54. The van der Waals surface area contributed by atoms with E-state index in [1.807, 2.05) is 18.3 Å². The summed E-state index contributed by atoms with van der Waals surface area (Å²) in [5.74, 6) is 0. The van der Waals surface area contributed by atoms with E-state index in [0.29, 0.717) is 0 Å². The molecule has 0 fully saturated rings. The van der Waals surface area contributed by atoms with E-state index in [1.54, 1.807) is 0 Å². The van der Waals surface area contributed by atoms with Crippen LogP contribution in [0.25, 0.3) is 54.6 Å². The Morgan fingerprint density at radius 2 is 1.41 bits per heavy atom. The standard InChI is InChI=1S/C26H15BrN2/c27-19-12-9-18(10-13-19)25-21-14-11-16-7-8-17-4-3-15-28-26(17)23(16)24(21)20-5-1-2-6-22(20)29-25/h1-15H. The van der Waals surface area contributed by atoms with Crippen molar-refractivity contribution >= 4 is 59.3 Å². The maximum Gasteiger partial charge on any atom is 0.0788 e. The minimum atomic E-state index is 0.998. The first-order valence-corrected chi connectivity index (χ1v) is 10.3. The normalized spacial score (nSPS) is 11.6. The van der Waals surface area contributed by atoms with E-state index in [1.165, 1.54) is 16.2 Å². The van der Waals surface area contributed by atoms with Crippen molar-refractivity contribution in [1.29, 1.82) is 0 Å². The molecule has 6 rings (SSSR count). The quantitative estimate of drug-likeness (QED) is 0.250. The Balaban J connectivity index is 1.89. The van der Waals surface area contributed by atoms with Gasteiger partial charge < -0.3 is 0 Å². The Kier molecular flexibility index (Phi) is 3.65. The summed E-state index contributed by atoms with van der Waals surface area (Å²) in [4.78, 5) is 9.81. The lowest BCUT2D eigenvalue weighted by atomic mass is 9.94. The number of fused-ring (bicyclic) bond motifs is 7. The topological polar surface area (TPSA) is 25.8 Å². The molecule has 0 spiro atoms. The molecule has 0 atom stereocenters. The third-order valence-corrected chi connectivity index (χ3v) is 6.06. The van der Waals surface area contributed by atoms with Crippen LogP contribution in [0.2, 0.25) is 0 Å². The van der Waals surface area contributed by atoms with Crippen LogP contribution in [0.1, 0.15) is 0 Å². The molecule has 2 aromatic heterocycles. The molecule has 0 saturated heterocycles. The molecule has 0 aliphatic heterocycles. The summed E-state index contributed by atoms with van der Waals surface area (Å²) in [7, 11) is 0. The number of aromatic nitrogens is 2.